The van der Waals surface area contributed by atoms with Crippen LogP contribution in [0.3, 0.4) is 0 Å². The molecule has 654 valence electrons. The average molecular weight is 1750 g/mol. The Balaban J connectivity index is 0.000000107. The van der Waals surface area contributed by atoms with Crippen LogP contribution < -0.4 is 20.4 Å². The topological polar surface area (TPSA) is 413 Å². The van der Waals surface area contributed by atoms with E-state index in [-0.39, 0.29) is 29.5 Å². The highest BCUT2D eigenvalue weighted by atomic mass is 19.1. The zero-order valence-corrected chi connectivity index (χ0v) is 72.2. The minimum absolute atomic E-state index is 0.0140. The van der Waals surface area contributed by atoms with Gasteiger partial charge in [-0.25, -0.2) is 24.3 Å². The molecular weight excluding hydrogens is 1660 g/mol. The van der Waals surface area contributed by atoms with Crippen LogP contribution in [-0.4, -0.2) is 222 Å². The molecular formula is C98H87FN30O3. The number of nitrogens with one attached hydrogen (secondary N) is 10. The Labute approximate surface area is 752 Å². The maximum atomic E-state index is 13.9. The second-order valence-electron chi connectivity index (χ2n) is 33.3. The molecule has 3 aliphatic heterocycles. The Morgan fingerprint density at radius 1 is 0.386 bits per heavy atom. The number of hydrogen-bond donors (Lipinski definition) is 10. The number of morpholine rings is 1. The van der Waals surface area contributed by atoms with Crippen molar-refractivity contribution in [3.05, 3.63) is 244 Å². The van der Waals surface area contributed by atoms with Crippen molar-refractivity contribution in [2.24, 2.45) is 11.8 Å². The molecule has 132 heavy (non-hydrogen) atoms. The third-order valence-corrected chi connectivity index (χ3v) is 24.2. The molecule has 19 heterocycles. The number of hydrogen-bond acceptors (Lipinski definition) is 23. The lowest BCUT2D eigenvalue weighted by molar-refractivity contribution is -0.121. The van der Waals surface area contributed by atoms with Crippen LogP contribution in [0.25, 0.3) is 189 Å². The number of carbonyl (C=O) groups is 2. The fourth-order valence-electron chi connectivity index (χ4n) is 16.9. The Hall–Kier alpha value is -16.6. The first-order valence-electron chi connectivity index (χ1n) is 43.5. The van der Waals surface area contributed by atoms with Crippen LogP contribution in [0.2, 0.25) is 0 Å². The van der Waals surface area contributed by atoms with Crippen molar-refractivity contribution in [3.63, 3.8) is 0 Å². The van der Waals surface area contributed by atoms with Crippen LogP contribution in [0.4, 0.5) is 27.1 Å². The molecule has 0 spiro atoms. The number of likely N-dealkylation sites (tertiary alicyclic amines) is 1. The van der Waals surface area contributed by atoms with Gasteiger partial charge in [-0.2, -0.15) is 20.4 Å². The first-order chi connectivity index (χ1) is 64.7. The van der Waals surface area contributed by atoms with Crippen LogP contribution in [0, 0.1) is 17.7 Å². The van der Waals surface area contributed by atoms with Gasteiger partial charge in [-0.05, 0) is 165 Å². The Morgan fingerprint density at radius 3 is 1.37 bits per heavy atom. The number of fused-ring (bicyclic) bond motifs is 8. The standard InChI is InChI=1S/C31H27FN8O.C23H22N8.2C22H19N7O/c1-40-9-7-18(8-10-40)31(41)35-23-12-21(14-33-15-23)19-5-6-26-24(13-19)29(39-38-26)30-36-27-17-34-16-25(28(27)37-30)20-3-2-4-22(32)11-20;1-30-6-8-31(9-7-30)17-10-16(12-25-13-17)15-2-3-19-18(11-15)22(29-28-19)23-26-20-4-5-24-14-21(20)27-23;1-2-15(11-23-5-1)14-3-4-17-16(10-14)20(28-27-17)22-25-18-12-24-13-19(21(18)26-22)29-6-8-30-9-7-29;1-12(2)22(30)25-15-7-14(9-24-10-15)13-3-4-17-16(8-13)20(29-28-17)21-26-18-5-6-23-11-19(18)27-21/h2-6,11-18H,7-10H2,1H3,(H,35,41)(H,36,37)(H,38,39);2-5,10-14H,6-9H2,1H3,(H,26,27)(H,28,29);1-5,10-13H,6-9H2,(H,25,26)(H,27,28);3-12H,1-2H3,(H,25,30)(H,26,27)(H,28,29). The fraction of sp³-hybridized carbons (Fsp3) is 0.184. The number of rotatable bonds is 15. The normalized spacial score (nSPS) is 14.0. The van der Waals surface area contributed by atoms with E-state index < -0.39 is 0 Å². The first kappa shape index (κ1) is 82.4. The van der Waals surface area contributed by atoms with Crippen LogP contribution in [0.15, 0.2) is 239 Å². The van der Waals surface area contributed by atoms with Gasteiger partial charge in [0.15, 0.2) is 23.3 Å². The summed E-state index contributed by atoms with van der Waals surface area (Å²) in [5, 5.41) is 40.3. The second kappa shape index (κ2) is 35.9. The predicted molar refractivity (Wildman–Crippen MR) is 509 cm³/mol. The van der Waals surface area contributed by atoms with Crippen molar-refractivity contribution in [1.29, 1.82) is 0 Å². The molecule has 3 aliphatic rings. The molecule has 34 heteroatoms. The number of aromatic nitrogens is 24. The lowest BCUT2D eigenvalue weighted by atomic mass is 9.96. The monoisotopic (exact) mass is 1750 g/mol. The van der Waals surface area contributed by atoms with Gasteiger partial charge in [-0.1, -0.05) is 56.3 Å². The fourth-order valence-corrected chi connectivity index (χ4v) is 16.9. The first-order valence-corrected chi connectivity index (χ1v) is 43.5. The molecule has 0 unspecified atom stereocenters. The van der Waals surface area contributed by atoms with Gasteiger partial charge in [0, 0.05) is 150 Å². The van der Waals surface area contributed by atoms with Crippen LogP contribution in [0.1, 0.15) is 26.7 Å². The van der Waals surface area contributed by atoms with Gasteiger partial charge in [-0.15, -0.1) is 0 Å². The number of aromatic amines is 8. The molecule has 2 amide bonds. The minimum Gasteiger partial charge on any atom is -0.378 e. The lowest BCUT2D eigenvalue weighted by Crippen LogP contribution is -2.44. The largest absolute Gasteiger partial charge is 0.378 e. The summed E-state index contributed by atoms with van der Waals surface area (Å²) in [6.07, 6.45) is 30.2. The molecule has 10 N–H and O–H groups in total. The maximum Gasteiger partial charge on any atom is 0.227 e. The van der Waals surface area contributed by atoms with Gasteiger partial charge < -0.3 is 54.9 Å². The van der Waals surface area contributed by atoms with Crippen molar-refractivity contribution in [1.82, 2.24) is 130 Å². The Morgan fingerprint density at radius 2 is 0.841 bits per heavy atom. The summed E-state index contributed by atoms with van der Waals surface area (Å²) in [6.45, 7) is 12.9. The number of likely N-dealkylation sites (N-methyl/N-ethyl adjacent to an activating group) is 1. The summed E-state index contributed by atoms with van der Waals surface area (Å²) in [6, 6.07) is 44.8. The molecule has 3 fully saturated rings. The molecule has 0 radical (unpaired) electrons. The molecule has 0 saturated carbocycles. The Kier molecular flexibility index (Phi) is 22.4. The molecule has 3 saturated heterocycles. The number of halogens is 1. The number of amides is 2. The Bertz CT molecular complexity index is 7750. The van der Waals surface area contributed by atoms with E-state index in [1.807, 2.05) is 124 Å². The molecule has 21 aromatic rings. The molecule has 5 aromatic carbocycles. The number of anilines is 4. The van der Waals surface area contributed by atoms with Crippen LogP contribution in [-0.2, 0) is 14.3 Å². The van der Waals surface area contributed by atoms with Crippen molar-refractivity contribution in [3.8, 4) is 102 Å². The summed E-state index contributed by atoms with van der Waals surface area (Å²) in [5.41, 5.74) is 26.4. The average Bonchev–Trinajstić information content (AvgIpc) is 1.62. The number of pyridine rings is 8. The number of imidazole rings is 4. The number of piperidine rings is 1. The SMILES string of the molecule is CC(C)C(=O)Nc1cncc(-c2ccc3[nH]nc(-c4nc5ccncc5[nH]4)c3c2)c1.CN1CCC(C(=O)Nc2cncc(-c3ccc4[nH]nc(-c5nc6c(-c7cccc(F)c7)cncc6[nH]5)c4c3)c2)CC1.CN1CCN(c2cncc(-c3ccc4[nH]nc(-c5nc6ccncc6[nH]5)c4c3)c2)CC1.c1cncc(-c2ccc3[nH]nc(-c4nc5c(N6CCOCC6)cncc5[nH]4)c3c2)c1. The van der Waals surface area contributed by atoms with Gasteiger partial charge in [0.25, 0.3) is 0 Å². The van der Waals surface area contributed by atoms with Gasteiger partial charge >= 0.3 is 0 Å². The summed E-state index contributed by atoms with van der Waals surface area (Å²) >= 11 is 0. The predicted octanol–water partition coefficient (Wildman–Crippen LogP) is 16.5. The van der Waals surface area contributed by atoms with Crippen molar-refractivity contribution in [2.75, 3.05) is 100 Å². The zero-order valence-electron chi connectivity index (χ0n) is 72.2. The minimum atomic E-state index is -0.318. The summed E-state index contributed by atoms with van der Waals surface area (Å²) in [5.74, 6) is 2.31. The van der Waals surface area contributed by atoms with E-state index in [9.17, 15) is 14.0 Å². The molecule has 33 nitrogen and oxygen atoms in total. The van der Waals surface area contributed by atoms with E-state index in [4.69, 9.17) is 14.7 Å². The van der Waals surface area contributed by atoms with E-state index >= 15 is 0 Å². The lowest BCUT2D eigenvalue weighted by Gasteiger charge is -2.34. The van der Waals surface area contributed by atoms with Crippen molar-refractivity contribution < 1.29 is 18.7 Å². The van der Waals surface area contributed by atoms with Gasteiger partial charge in [-0.3, -0.25) is 69.9 Å². The smallest absolute Gasteiger partial charge is 0.227 e. The third kappa shape index (κ3) is 17.1. The zero-order chi connectivity index (χ0) is 89.3. The summed E-state index contributed by atoms with van der Waals surface area (Å²) in [4.78, 5) is 101. The van der Waals surface area contributed by atoms with Gasteiger partial charge in [0.1, 0.15) is 34.1 Å². The van der Waals surface area contributed by atoms with E-state index in [0.29, 0.717) is 39.8 Å². The number of nitrogens with zero attached hydrogens (tertiary/aromatic N) is 20. The number of carbonyl (C=O) groups excluding carboxylic acids is 2. The highest BCUT2D eigenvalue weighted by Gasteiger charge is 2.27. The molecule has 24 rings (SSSR count). The molecule has 0 bridgehead atoms. The second-order valence-corrected chi connectivity index (χ2v) is 33.3. The van der Waals surface area contributed by atoms with E-state index in [1.54, 1.807) is 74.2 Å². The van der Waals surface area contributed by atoms with E-state index in [0.717, 1.165) is 245 Å². The van der Waals surface area contributed by atoms with Crippen LogP contribution >= 0.6 is 0 Å². The summed E-state index contributed by atoms with van der Waals surface area (Å²) < 4.78 is 19.4. The van der Waals surface area contributed by atoms with Gasteiger partial charge in [0.05, 0.1) is 146 Å². The van der Waals surface area contributed by atoms with Crippen molar-refractivity contribution >= 4 is 122 Å². The van der Waals surface area contributed by atoms with E-state index in [2.05, 4.69) is 197 Å². The summed E-state index contributed by atoms with van der Waals surface area (Å²) in [7, 11) is 4.25. The highest BCUT2D eigenvalue weighted by Crippen LogP contribution is 2.39. The molecule has 16 aromatic heterocycles. The molecule has 0 atom stereocenters. The van der Waals surface area contributed by atoms with Gasteiger partial charge in [0.2, 0.25) is 11.8 Å². The quantitative estimate of drug-likeness (QED) is 0.0456. The highest BCUT2D eigenvalue weighted by molar-refractivity contribution is 6.03. The molecule has 0 aliphatic carbocycles. The number of ether oxygens (including phenoxy) is 1. The van der Waals surface area contributed by atoms with E-state index in [1.165, 1.54) is 17.8 Å². The third-order valence-electron chi connectivity index (χ3n) is 24.2. The van der Waals surface area contributed by atoms with Crippen molar-refractivity contribution in [2.45, 2.75) is 26.7 Å². The number of piperazine rings is 1. The maximum absolute atomic E-state index is 13.9. The number of H-pyrrole nitrogens is 8. The van der Waals surface area contributed by atoms with Crippen LogP contribution in [0.5, 0.6) is 0 Å². The number of benzene rings is 5.